The van der Waals surface area contributed by atoms with Gasteiger partial charge in [-0.2, -0.15) is 5.26 Å². The number of aryl methyl sites for hydroxylation is 1. The lowest BCUT2D eigenvalue weighted by Gasteiger charge is -2.25. The number of nitrogens with zero attached hydrogens (tertiary/aromatic N) is 2. The molecule has 0 N–H and O–H groups in total. The van der Waals surface area contributed by atoms with Crippen LogP contribution in [0.25, 0.3) is 0 Å². The lowest BCUT2D eigenvalue weighted by atomic mass is 10.1. The van der Waals surface area contributed by atoms with Gasteiger partial charge in [-0.1, -0.05) is 18.2 Å². The summed E-state index contributed by atoms with van der Waals surface area (Å²) in [6.45, 7) is 5.43. The summed E-state index contributed by atoms with van der Waals surface area (Å²) in [5.41, 5.74) is 3.53. The van der Waals surface area contributed by atoms with Crippen LogP contribution in [-0.4, -0.2) is 6.54 Å². The summed E-state index contributed by atoms with van der Waals surface area (Å²) in [6, 6.07) is 14.5. The Balaban J connectivity index is 2.34. The number of benzene rings is 2. The molecule has 0 saturated carbocycles. The molecule has 0 spiro atoms. The van der Waals surface area contributed by atoms with Gasteiger partial charge in [-0.3, -0.25) is 0 Å². The summed E-state index contributed by atoms with van der Waals surface area (Å²) >= 11 is 0. The Hall–Kier alpha value is -2.34. The predicted molar refractivity (Wildman–Crippen MR) is 79.0 cm³/mol. The van der Waals surface area contributed by atoms with Crippen molar-refractivity contribution in [2.75, 3.05) is 11.4 Å². The van der Waals surface area contributed by atoms with Gasteiger partial charge in [-0.25, -0.2) is 4.39 Å². The maximum Gasteiger partial charge on any atom is 0.123 e. The van der Waals surface area contributed by atoms with Gasteiger partial charge < -0.3 is 4.90 Å². The zero-order chi connectivity index (χ0) is 14.5. The molecule has 20 heavy (non-hydrogen) atoms. The van der Waals surface area contributed by atoms with Crippen LogP contribution < -0.4 is 4.90 Å². The van der Waals surface area contributed by atoms with E-state index in [0.717, 1.165) is 17.8 Å². The van der Waals surface area contributed by atoms with Crippen molar-refractivity contribution in [3.05, 3.63) is 65.0 Å². The first-order valence-electron chi connectivity index (χ1n) is 6.64. The molecule has 0 aromatic heterocycles. The summed E-state index contributed by atoms with van der Waals surface area (Å²) in [7, 11) is 0. The van der Waals surface area contributed by atoms with E-state index in [1.54, 1.807) is 0 Å². The summed E-state index contributed by atoms with van der Waals surface area (Å²) in [5.74, 6) is -0.306. The predicted octanol–water partition coefficient (Wildman–Crippen LogP) is 4.03. The van der Waals surface area contributed by atoms with Gasteiger partial charge in [0.1, 0.15) is 5.82 Å². The summed E-state index contributed by atoms with van der Waals surface area (Å²) in [5, 5.41) is 9.13. The largest absolute Gasteiger partial charge is 0.367 e. The second-order valence-corrected chi connectivity index (χ2v) is 4.71. The van der Waals surface area contributed by atoms with Crippen molar-refractivity contribution in [3.63, 3.8) is 0 Å². The molecule has 0 heterocycles. The summed E-state index contributed by atoms with van der Waals surface area (Å²) < 4.78 is 13.4. The fraction of sp³-hybridized carbons (Fsp3) is 0.235. The van der Waals surface area contributed by atoms with E-state index in [2.05, 4.69) is 30.9 Å². The molecule has 2 aromatic rings. The van der Waals surface area contributed by atoms with Crippen LogP contribution in [-0.2, 0) is 6.54 Å². The third kappa shape index (κ3) is 2.97. The van der Waals surface area contributed by atoms with E-state index < -0.39 is 0 Å². The molecule has 102 valence electrons. The van der Waals surface area contributed by atoms with Crippen LogP contribution in [0.4, 0.5) is 10.1 Å². The molecule has 2 nitrogen and oxygen atoms in total. The van der Waals surface area contributed by atoms with E-state index in [4.69, 9.17) is 5.26 Å². The molecule has 0 unspecified atom stereocenters. The molecular weight excluding hydrogens is 251 g/mol. The maximum atomic E-state index is 13.4. The van der Waals surface area contributed by atoms with E-state index in [-0.39, 0.29) is 5.82 Å². The molecule has 0 bridgehead atoms. The van der Waals surface area contributed by atoms with Crippen molar-refractivity contribution in [2.45, 2.75) is 20.4 Å². The Bertz CT molecular complexity index is 644. The smallest absolute Gasteiger partial charge is 0.123 e. The van der Waals surface area contributed by atoms with Crippen molar-refractivity contribution in [1.82, 2.24) is 0 Å². The molecule has 0 aliphatic heterocycles. The highest BCUT2D eigenvalue weighted by Crippen LogP contribution is 2.22. The average molecular weight is 268 g/mol. The molecule has 0 aliphatic rings. The highest BCUT2D eigenvalue weighted by atomic mass is 19.1. The molecule has 2 rings (SSSR count). The van der Waals surface area contributed by atoms with Crippen LogP contribution in [0.5, 0.6) is 0 Å². The first kappa shape index (κ1) is 14.1. The topological polar surface area (TPSA) is 27.0 Å². The number of para-hydroxylation sites is 1. The fourth-order valence-corrected chi connectivity index (χ4v) is 2.29. The first-order valence-corrected chi connectivity index (χ1v) is 6.64. The van der Waals surface area contributed by atoms with Crippen LogP contribution in [0.15, 0.2) is 42.5 Å². The number of hydrogen-bond acceptors (Lipinski definition) is 2. The van der Waals surface area contributed by atoms with Gasteiger partial charge in [0.2, 0.25) is 0 Å². The SMILES string of the molecule is CCN(Cc1cc(F)ccc1C#N)c1ccccc1C. The van der Waals surface area contributed by atoms with Gasteiger partial charge in [-0.15, -0.1) is 0 Å². The lowest BCUT2D eigenvalue weighted by Crippen LogP contribution is -2.23. The Morgan fingerprint density at radius 3 is 2.60 bits per heavy atom. The zero-order valence-corrected chi connectivity index (χ0v) is 11.7. The Labute approximate surface area is 119 Å². The monoisotopic (exact) mass is 268 g/mol. The Morgan fingerprint density at radius 2 is 1.95 bits per heavy atom. The van der Waals surface area contributed by atoms with Gasteiger partial charge in [0.05, 0.1) is 11.6 Å². The van der Waals surface area contributed by atoms with Crippen molar-refractivity contribution in [2.24, 2.45) is 0 Å². The molecular formula is C17H17FN2. The first-order chi connectivity index (χ1) is 9.65. The molecule has 0 aliphatic carbocycles. The van der Waals surface area contributed by atoms with Crippen LogP contribution in [0.3, 0.4) is 0 Å². The molecule has 0 atom stereocenters. The van der Waals surface area contributed by atoms with Gasteiger partial charge in [0, 0.05) is 18.8 Å². The van der Waals surface area contributed by atoms with Crippen LogP contribution in [0.1, 0.15) is 23.6 Å². The van der Waals surface area contributed by atoms with Gasteiger partial charge >= 0.3 is 0 Å². The molecule has 2 aromatic carbocycles. The number of anilines is 1. The second kappa shape index (κ2) is 6.21. The van der Waals surface area contributed by atoms with E-state index in [9.17, 15) is 4.39 Å². The van der Waals surface area contributed by atoms with Crippen molar-refractivity contribution in [1.29, 1.82) is 5.26 Å². The van der Waals surface area contributed by atoms with E-state index >= 15 is 0 Å². The molecule has 3 heteroatoms. The Morgan fingerprint density at radius 1 is 1.20 bits per heavy atom. The zero-order valence-electron chi connectivity index (χ0n) is 11.7. The third-order valence-corrected chi connectivity index (χ3v) is 3.39. The molecule has 0 saturated heterocycles. The fourth-order valence-electron chi connectivity index (χ4n) is 2.29. The van der Waals surface area contributed by atoms with Gasteiger partial charge in [-0.05, 0) is 49.2 Å². The standard InChI is InChI=1S/C17H17FN2/c1-3-20(17-7-5-4-6-13(17)2)12-15-10-16(18)9-8-14(15)11-19/h4-10H,3,12H2,1-2H3. The average Bonchev–Trinajstić information content (AvgIpc) is 2.46. The normalized spacial score (nSPS) is 10.1. The highest BCUT2D eigenvalue weighted by molar-refractivity contribution is 5.54. The minimum absolute atomic E-state index is 0.306. The lowest BCUT2D eigenvalue weighted by molar-refractivity contribution is 0.624. The molecule has 0 radical (unpaired) electrons. The van der Waals surface area contributed by atoms with E-state index in [1.165, 1.54) is 23.8 Å². The minimum atomic E-state index is -0.306. The Kier molecular flexibility index (Phi) is 4.37. The number of nitriles is 1. The highest BCUT2D eigenvalue weighted by Gasteiger charge is 2.11. The third-order valence-electron chi connectivity index (χ3n) is 3.39. The number of halogens is 1. The van der Waals surface area contributed by atoms with Crippen molar-refractivity contribution >= 4 is 5.69 Å². The molecule has 0 amide bonds. The van der Waals surface area contributed by atoms with E-state index in [1.807, 2.05) is 18.2 Å². The van der Waals surface area contributed by atoms with Crippen LogP contribution >= 0.6 is 0 Å². The molecule has 0 fully saturated rings. The van der Waals surface area contributed by atoms with Gasteiger partial charge in [0.25, 0.3) is 0 Å². The minimum Gasteiger partial charge on any atom is -0.367 e. The van der Waals surface area contributed by atoms with Crippen LogP contribution in [0, 0.1) is 24.1 Å². The van der Waals surface area contributed by atoms with Crippen molar-refractivity contribution in [3.8, 4) is 6.07 Å². The number of hydrogen-bond donors (Lipinski definition) is 0. The van der Waals surface area contributed by atoms with Crippen LogP contribution in [0.2, 0.25) is 0 Å². The van der Waals surface area contributed by atoms with Gasteiger partial charge in [0.15, 0.2) is 0 Å². The summed E-state index contributed by atoms with van der Waals surface area (Å²) in [6.07, 6.45) is 0. The maximum absolute atomic E-state index is 13.4. The van der Waals surface area contributed by atoms with Crippen molar-refractivity contribution < 1.29 is 4.39 Å². The summed E-state index contributed by atoms with van der Waals surface area (Å²) in [4.78, 5) is 2.14. The number of rotatable bonds is 4. The second-order valence-electron chi connectivity index (χ2n) is 4.71. The quantitative estimate of drug-likeness (QED) is 0.837. The van der Waals surface area contributed by atoms with E-state index in [0.29, 0.717) is 12.1 Å².